The molecule has 1 atom stereocenters. The maximum Gasteiger partial charge on any atom is 0.249 e. The molecule has 0 radical (unpaired) electrons. The largest absolute Gasteiger partial charge is 0.388 e. The van der Waals surface area contributed by atoms with Crippen molar-refractivity contribution in [1.82, 2.24) is 5.32 Å². The van der Waals surface area contributed by atoms with E-state index >= 15 is 0 Å². The Labute approximate surface area is 83.6 Å². The second-order valence-electron chi connectivity index (χ2n) is 4.30. The van der Waals surface area contributed by atoms with Crippen LogP contribution in [0.4, 0.5) is 0 Å². The molecule has 1 amide bonds. The summed E-state index contributed by atoms with van der Waals surface area (Å²) >= 11 is 0. The highest BCUT2D eigenvalue weighted by Gasteiger charge is 2.35. The van der Waals surface area contributed by atoms with Crippen molar-refractivity contribution in [1.29, 1.82) is 0 Å². The van der Waals surface area contributed by atoms with Crippen LogP contribution < -0.4 is 5.32 Å². The van der Waals surface area contributed by atoms with Gasteiger partial charge in [0.15, 0.2) is 0 Å². The Morgan fingerprint density at radius 2 is 2.29 bits per heavy atom. The molecule has 2 aliphatic rings. The van der Waals surface area contributed by atoms with Crippen LogP contribution in [0.5, 0.6) is 0 Å². The van der Waals surface area contributed by atoms with Gasteiger partial charge in [0.1, 0.15) is 6.10 Å². The molecule has 0 aromatic rings. The molecule has 0 aromatic carbocycles. The zero-order valence-electron chi connectivity index (χ0n) is 8.29. The highest BCUT2D eigenvalue weighted by Crippen LogP contribution is 2.30. The first-order chi connectivity index (χ1) is 6.70. The molecule has 0 spiro atoms. The molecule has 14 heavy (non-hydrogen) atoms. The summed E-state index contributed by atoms with van der Waals surface area (Å²) in [5.41, 5.74) is -0.631. The summed E-state index contributed by atoms with van der Waals surface area (Å²) in [7, 11) is 0. The van der Waals surface area contributed by atoms with Crippen molar-refractivity contribution in [3.05, 3.63) is 0 Å². The fourth-order valence-corrected chi connectivity index (χ4v) is 1.91. The lowest BCUT2D eigenvalue weighted by molar-refractivity contribution is -0.132. The summed E-state index contributed by atoms with van der Waals surface area (Å²) in [4.78, 5) is 11.5. The molecule has 2 N–H and O–H groups in total. The number of hydrogen-bond donors (Lipinski definition) is 2. The van der Waals surface area contributed by atoms with E-state index in [1.807, 2.05) is 0 Å². The minimum absolute atomic E-state index is 0.0668. The average molecular weight is 199 g/mol. The summed E-state index contributed by atoms with van der Waals surface area (Å²) in [5.74, 6) is -0.0668. The summed E-state index contributed by atoms with van der Waals surface area (Å²) in [5, 5.41) is 12.5. The van der Waals surface area contributed by atoms with Crippen LogP contribution in [0.15, 0.2) is 0 Å². The Hall–Kier alpha value is -0.610. The average Bonchev–Trinajstić information content (AvgIpc) is 2.63. The van der Waals surface area contributed by atoms with E-state index in [1.165, 1.54) is 0 Å². The standard InChI is InChI=1S/C10H17NO3/c12-9(8-3-1-6-14-8)11-7-10(13)4-2-5-10/h8,13H,1-7H2,(H,11,12). The van der Waals surface area contributed by atoms with Crippen molar-refractivity contribution >= 4 is 5.91 Å². The number of carbonyl (C=O) groups is 1. The van der Waals surface area contributed by atoms with E-state index in [2.05, 4.69) is 5.32 Å². The van der Waals surface area contributed by atoms with E-state index in [0.717, 1.165) is 32.1 Å². The maximum atomic E-state index is 11.5. The van der Waals surface area contributed by atoms with E-state index in [0.29, 0.717) is 13.2 Å². The lowest BCUT2D eigenvalue weighted by atomic mass is 9.80. The van der Waals surface area contributed by atoms with Crippen LogP contribution in [-0.4, -0.2) is 35.9 Å². The van der Waals surface area contributed by atoms with Gasteiger partial charge in [-0.3, -0.25) is 4.79 Å². The van der Waals surface area contributed by atoms with Crippen molar-refractivity contribution in [2.24, 2.45) is 0 Å². The number of carbonyl (C=O) groups excluding carboxylic acids is 1. The van der Waals surface area contributed by atoms with Crippen LogP contribution in [0.25, 0.3) is 0 Å². The number of ether oxygens (including phenoxy) is 1. The molecule has 4 heteroatoms. The van der Waals surface area contributed by atoms with Crippen LogP contribution in [0, 0.1) is 0 Å². The molecule has 1 unspecified atom stereocenters. The van der Waals surface area contributed by atoms with Crippen molar-refractivity contribution in [3.8, 4) is 0 Å². The lowest BCUT2D eigenvalue weighted by Crippen LogP contribution is -2.49. The second kappa shape index (κ2) is 3.87. The third kappa shape index (κ3) is 2.07. The van der Waals surface area contributed by atoms with E-state index in [1.54, 1.807) is 0 Å². The lowest BCUT2D eigenvalue weighted by Gasteiger charge is -2.36. The van der Waals surface area contributed by atoms with Gasteiger partial charge >= 0.3 is 0 Å². The molecule has 1 saturated heterocycles. The van der Waals surface area contributed by atoms with Crippen molar-refractivity contribution in [2.45, 2.75) is 43.8 Å². The van der Waals surface area contributed by atoms with E-state index in [-0.39, 0.29) is 12.0 Å². The van der Waals surface area contributed by atoms with Crippen molar-refractivity contribution in [2.75, 3.05) is 13.2 Å². The fraction of sp³-hybridized carbons (Fsp3) is 0.900. The summed E-state index contributed by atoms with van der Waals surface area (Å²) in [6, 6.07) is 0. The van der Waals surface area contributed by atoms with Crippen molar-refractivity contribution in [3.63, 3.8) is 0 Å². The van der Waals surface area contributed by atoms with Gasteiger partial charge in [-0.25, -0.2) is 0 Å². The number of aliphatic hydroxyl groups is 1. The van der Waals surface area contributed by atoms with E-state index in [9.17, 15) is 9.90 Å². The van der Waals surface area contributed by atoms with Crippen LogP contribution in [-0.2, 0) is 9.53 Å². The first kappa shape index (κ1) is 9.93. The number of amides is 1. The summed E-state index contributed by atoms with van der Waals surface area (Å²) in [6.45, 7) is 1.06. The molecule has 1 aliphatic carbocycles. The Balaban J connectivity index is 1.71. The van der Waals surface area contributed by atoms with Gasteiger partial charge in [0.2, 0.25) is 5.91 Å². The molecular weight excluding hydrogens is 182 g/mol. The quantitative estimate of drug-likeness (QED) is 0.682. The van der Waals surface area contributed by atoms with E-state index in [4.69, 9.17) is 4.74 Å². The highest BCUT2D eigenvalue weighted by molar-refractivity contribution is 5.81. The number of rotatable bonds is 3. The first-order valence-corrected chi connectivity index (χ1v) is 5.31. The molecule has 80 valence electrons. The maximum absolute atomic E-state index is 11.5. The number of nitrogens with one attached hydrogen (secondary N) is 1. The van der Waals surface area contributed by atoms with Crippen LogP contribution in [0.3, 0.4) is 0 Å². The fourth-order valence-electron chi connectivity index (χ4n) is 1.91. The van der Waals surface area contributed by atoms with Crippen LogP contribution in [0.2, 0.25) is 0 Å². The third-order valence-electron chi connectivity index (χ3n) is 3.10. The Morgan fingerprint density at radius 1 is 1.50 bits per heavy atom. The molecule has 0 aromatic heterocycles. The molecule has 0 bridgehead atoms. The topological polar surface area (TPSA) is 58.6 Å². The Bertz CT molecular complexity index is 219. The molecule has 2 fully saturated rings. The van der Waals surface area contributed by atoms with Gasteiger partial charge in [0.25, 0.3) is 0 Å². The van der Waals surface area contributed by atoms with Gasteiger partial charge in [0.05, 0.1) is 5.60 Å². The van der Waals surface area contributed by atoms with Gasteiger partial charge < -0.3 is 15.2 Å². The van der Waals surface area contributed by atoms with Gasteiger partial charge in [-0.2, -0.15) is 0 Å². The smallest absolute Gasteiger partial charge is 0.249 e. The third-order valence-corrected chi connectivity index (χ3v) is 3.10. The van der Waals surface area contributed by atoms with Gasteiger partial charge in [-0.1, -0.05) is 0 Å². The van der Waals surface area contributed by atoms with Gasteiger partial charge in [0, 0.05) is 13.2 Å². The van der Waals surface area contributed by atoms with Crippen LogP contribution >= 0.6 is 0 Å². The Kier molecular flexibility index (Phi) is 2.74. The Morgan fingerprint density at radius 3 is 2.79 bits per heavy atom. The minimum atomic E-state index is -0.631. The predicted octanol–water partition coefficient (Wildman–Crippen LogP) is 0.197. The highest BCUT2D eigenvalue weighted by atomic mass is 16.5. The number of hydrogen-bond acceptors (Lipinski definition) is 3. The molecule has 1 aliphatic heterocycles. The normalized spacial score (nSPS) is 29.6. The minimum Gasteiger partial charge on any atom is -0.388 e. The van der Waals surface area contributed by atoms with E-state index < -0.39 is 5.60 Å². The molecule has 1 saturated carbocycles. The summed E-state index contributed by atoms with van der Waals surface area (Å²) < 4.78 is 5.24. The van der Waals surface area contributed by atoms with Crippen molar-refractivity contribution < 1.29 is 14.6 Å². The molecule has 2 rings (SSSR count). The molecule has 4 nitrogen and oxygen atoms in total. The van der Waals surface area contributed by atoms with Gasteiger partial charge in [-0.15, -0.1) is 0 Å². The zero-order valence-corrected chi connectivity index (χ0v) is 8.29. The molecular formula is C10H17NO3. The summed E-state index contributed by atoms with van der Waals surface area (Å²) in [6.07, 6.45) is 4.16. The zero-order chi connectivity index (χ0) is 10.0. The van der Waals surface area contributed by atoms with Gasteiger partial charge in [-0.05, 0) is 32.1 Å². The first-order valence-electron chi connectivity index (χ1n) is 5.31. The predicted molar refractivity (Wildman–Crippen MR) is 50.8 cm³/mol. The van der Waals surface area contributed by atoms with Crippen LogP contribution in [0.1, 0.15) is 32.1 Å². The monoisotopic (exact) mass is 199 g/mol. The molecule has 1 heterocycles. The second-order valence-corrected chi connectivity index (χ2v) is 4.30. The SMILES string of the molecule is O=C(NCC1(O)CCC1)C1CCCO1.